The van der Waals surface area contributed by atoms with E-state index in [2.05, 4.69) is 33.3 Å². The van der Waals surface area contributed by atoms with E-state index in [0.29, 0.717) is 23.6 Å². The number of fused-ring (bicyclic) bond motifs is 1. The summed E-state index contributed by atoms with van der Waals surface area (Å²) in [6, 6.07) is 8.56. The van der Waals surface area contributed by atoms with Gasteiger partial charge in [-0.25, -0.2) is 0 Å². The number of aliphatic hydroxyl groups is 1. The Morgan fingerprint density at radius 3 is 2.82 bits per heavy atom. The minimum absolute atomic E-state index is 0.110. The fourth-order valence-electron chi connectivity index (χ4n) is 4.35. The SMILES string of the molecule is CN=C1NC(C#N)=CC2N(c3cccc(C#CC4(O)CCN(C)C4=O)c3)N=C(C(N)=O)C12C. The van der Waals surface area contributed by atoms with Crippen molar-refractivity contribution in [3.05, 3.63) is 41.6 Å². The van der Waals surface area contributed by atoms with Crippen molar-refractivity contribution in [2.45, 2.75) is 25.0 Å². The molecule has 168 valence electrons. The molecule has 4 rings (SSSR count). The number of benzene rings is 1. The van der Waals surface area contributed by atoms with E-state index in [9.17, 15) is 20.0 Å². The molecule has 3 aliphatic rings. The molecule has 1 aromatic carbocycles. The van der Waals surface area contributed by atoms with E-state index in [0.717, 1.165) is 0 Å². The maximum Gasteiger partial charge on any atom is 0.267 e. The summed E-state index contributed by atoms with van der Waals surface area (Å²) in [4.78, 5) is 30.1. The highest BCUT2D eigenvalue weighted by Crippen LogP contribution is 2.41. The van der Waals surface area contributed by atoms with Crippen molar-refractivity contribution in [2.75, 3.05) is 25.6 Å². The molecule has 0 bridgehead atoms. The molecule has 4 N–H and O–H groups in total. The molecule has 3 atom stereocenters. The maximum atomic E-state index is 12.3. The van der Waals surface area contributed by atoms with Crippen LogP contribution in [0.2, 0.25) is 0 Å². The van der Waals surface area contributed by atoms with Gasteiger partial charge < -0.3 is 21.1 Å². The second-order valence-electron chi connectivity index (χ2n) is 8.33. The van der Waals surface area contributed by atoms with Crippen molar-refractivity contribution in [3.63, 3.8) is 0 Å². The first kappa shape index (κ1) is 22.1. The van der Waals surface area contributed by atoms with Gasteiger partial charge in [-0.05, 0) is 31.2 Å². The summed E-state index contributed by atoms with van der Waals surface area (Å²) >= 11 is 0. The third-order valence-electron chi connectivity index (χ3n) is 6.24. The van der Waals surface area contributed by atoms with Crippen LogP contribution in [0.1, 0.15) is 18.9 Å². The highest BCUT2D eigenvalue weighted by molar-refractivity contribution is 6.46. The number of carbonyl (C=O) groups excluding carboxylic acids is 2. The number of likely N-dealkylation sites (tertiary alicyclic amines) is 1. The van der Waals surface area contributed by atoms with Gasteiger partial charge in [-0.1, -0.05) is 17.9 Å². The molecule has 0 saturated carbocycles. The smallest absolute Gasteiger partial charge is 0.267 e. The van der Waals surface area contributed by atoms with Gasteiger partial charge in [0.1, 0.15) is 28.7 Å². The lowest BCUT2D eigenvalue weighted by Crippen LogP contribution is -2.57. The van der Waals surface area contributed by atoms with Crippen molar-refractivity contribution in [2.24, 2.45) is 21.2 Å². The number of nitrogens with two attached hydrogens (primary N) is 1. The largest absolute Gasteiger partial charge is 0.369 e. The number of primary amides is 1. The van der Waals surface area contributed by atoms with Crippen molar-refractivity contribution in [3.8, 4) is 17.9 Å². The van der Waals surface area contributed by atoms with Gasteiger partial charge in [0.25, 0.3) is 11.8 Å². The van der Waals surface area contributed by atoms with Gasteiger partial charge in [-0.3, -0.25) is 19.6 Å². The van der Waals surface area contributed by atoms with E-state index in [-0.39, 0.29) is 17.8 Å². The zero-order valence-corrected chi connectivity index (χ0v) is 18.5. The zero-order chi connectivity index (χ0) is 24.0. The number of allylic oxidation sites excluding steroid dienone is 1. The van der Waals surface area contributed by atoms with E-state index < -0.39 is 28.9 Å². The molecular weight excluding hydrogens is 422 g/mol. The Kier molecular flexibility index (Phi) is 5.19. The topological polar surface area (TPSA) is 147 Å². The van der Waals surface area contributed by atoms with Gasteiger partial charge >= 0.3 is 0 Å². The van der Waals surface area contributed by atoms with Crippen molar-refractivity contribution >= 4 is 29.0 Å². The summed E-state index contributed by atoms with van der Waals surface area (Å²) in [5.74, 6) is 4.87. The lowest BCUT2D eigenvalue weighted by atomic mass is 9.74. The fourth-order valence-corrected chi connectivity index (χ4v) is 4.35. The van der Waals surface area contributed by atoms with Gasteiger partial charge in [-0.2, -0.15) is 10.4 Å². The third-order valence-corrected chi connectivity index (χ3v) is 6.24. The molecule has 2 amide bonds. The maximum absolute atomic E-state index is 12.3. The number of anilines is 1. The molecule has 3 heterocycles. The van der Waals surface area contributed by atoms with Crippen LogP contribution in [-0.4, -0.2) is 65.7 Å². The number of carbonyl (C=O) groups is 2. The Labute approximate surface area is 191 Å². The number of likely N-dealkylation sites (N-methyl/N-ethyl adjacent to an activating group) is 1. The van der Waals surface area contributed by atoms with Gasteiger partial charge in [0.2, 0.25) is 5.60 Å². The number of amides is 2. The average molecular weight is 445 g/mol. The number of aliphatic imine (C=N–C) groups is 1. The van der Waals surface area contributed by atoms with Gasteiger partial charge in [0, 0.05) is 32.6 Å². The quantitative estimate of drug-likeness (QED) is 0.533. The number of hydrogen-bond donors (Lipinski definition) is 3. The van der Waals surface area contributed by atoms with Gasteiger partial charge in [0.05, 0.1) is 11.7 Å². The first-order valence-corrected chi connectivity index (χ1v) is 10.3. The van der Waals surface area contributed by atoms with E-state index in [1.165, 1.54) is 4.90 Å². The van der Waals surface area contributed by atoms with Crippen molar-refractivity contribution in [1.82, 2.24) is 10.2 Å². The lowest BCUT2D eigenvalue weighted by molar-refractivity contribution is -0.137. The predicted octanol–water partition coefficient (Wildman–Crippen LogP) is -0.294. The standard InChI is InChI=1S/C23H23N7O3/c1-22-17(12-15(13-24)27-20(22)26-2)30(28-18(22)19(25)31)16-6-4-5-14(11-16)7-8-23(33)9-10-29(3)21(23)32/h4-6,11-12,17,33H,9-10H2,1-3H3,(H2,25,31)(H,26,27). The molecule has 10 heteroatoms. The van der Waals surface area contributed by atoms with Gasteiger partial charge in [0.15, 0.2) is 0 Å². The molecule has 1 fully saturated rings. The van der Waals surface area contributed by atoms with E-state index in [1.54, 1.807) is 56.4 Å². The number of nitrogens with one attached hydrogen (secondary N) is 1. The third kappa shape index (κ3) is 3.41. The van der Waals surface area contributed by atoms with Crippen LogP contribution in [0.5, 0.6) is 0 Å². The first-order chi connectivity index (χ1) is 15.6. The number of hydrogen-bond acceptors (Lipinski definition) is 7. The molecule has 0 aromatic heterocycles. The Bertz CT molecular complexity index is 1250. The summed E-state index contributed by atoms with van der Waals surface area (Å²) < 4.78 is 0. The van der Waals surface area contributed by atoms with Crippen LogP contribution in [0.25, 0.3) is 0 Å². The highest BCUT2D eigenvalue weighted by Gasteiger charge is 2.55. The van der Waals surface area contributed by atoms with E-state index in [4.69, 9.17) is 5.73 Å². The van der Waals surface area contributed by atoms with Crippen LogP contribution < -0.4 is 16.1 Å². The molecule has 3 unspecified atom stereocenters. The van der Waals surface area contributed by atoms with E-state index >= 15 is 0 Å². The molecular formula is C23H23N7O3. The van der Waals surface area contributed by atoms with Crippen LogP contribution in [0.15, 0.2) is 46.1 Å². The summed E-state index contributed by atoms with van der Waals surface area (Å²) in [6.07, 6.45) is 1.92. The normalized spacial score (nSPS) is 29.5. The minimum atomic E-state index is -1.71. The monoisotopic (exact) mass is 445 g/mol. The number of nitrogens with zero attached hydrogens (tertiary/aromatic N) is 5. The predicted molar refractivity (Wildman–Crippen MR) is 122 cm³/mol. The molecule has 0 spiro atoms. The van der Waals surface area contributed by atoms with E-state index in [1.807, 2.05) is 0 Å². The molecule has 0 aliphatic carbocycles. The number of hydrazone groups is 1. The Morgan fingerprint density at radius 2 is 2.21 bits per heavy atom. The van der Waals surface area contributed by atoms with Crippen LogP contribution >= 0.6 is 0 Å². The van der Waals surface area contributed by atoms with Gasteiger partial charge in [-0.15, -0.1) is 0 Å². The summed E-state index contributed by atoms with van der Waals surface area (Å²) in [7, 11) is 3.19. The number of amidine groups is 1. The Morgan fingerprint density at radius 1 is 1.45 bits per heavy atom. The number of rotatable bonds is 2. The lowest BCUT2D eigenvalue weighted by Gasteiger charge is -2.38. The van der Waals surface area contributed by atoms with Crippen LogP contribution in [0.3, 0.4) is 0 Å². The highest BCUT2D eigenvalue weighted by atomic mass is 16.3. The summed E-state index contributed by atoms with van der Waals surface area (Å²) in [6.45, 7) is 2.23. The molecule has 10 nitrogen and oxygen atoms in total. The fraction of sp³-hybridized carbons (Fsp3) is 0.348. The van der Waals surface area contributed by atoms with Crippen LogP contribution in [0.4, 0.5) is 5.69 Å². The summed E-state index contributed by atoms with van der Waals surface area (Å²) in [5, 5.41) is 29.1. The molecule has 1 saturated heterocycles. The molecule has 3 aliphatic heterocycles. The van der Waals surface area contributed by atoms with Crippen molar-refractivity contribution in [1.29, 1.82) is 5.26 Å². The number of nitriles is 1. The Balaban J connectivity index is 1.76. The molecule has 1 aromatic rings. The minimum Gasteiger partial charge on any atom is -0.369 e. The zero-order valence-electron chi connectivity index (χ0n) is 18.5. The second kappa shape index (κ2) is 7.76. The van der Waals surface area contributed by atoms with Crippen LogP contribution in [0, 0.1) is 28.6 Å². The Hall–Kier alpha value is -4.15. The molecule has 33 heavy (non-hydrogen) atoms. The van der Waals surface area contributed by atoms with Crippen LogP contribution in [-0.2, 0) is 9.59 Å². The average Bonchev–Trinajstić information content (AvgIpc) is 3.26. The first-order valence-electron chi connectivity index (χ1n) is 10.3. The second-order valence-corrected chi connectivity index (χ2v) is 8.33. The summed E-state index contributed by atoms with van der Waals surface area (Å²) in [5.41, 5.74) is 4.50. The molecule has 0 radical (unpaired) electrons. The van der Waals surface area contributed by atoms with Crippen molar-refractivity contribution < 1.29 is 14.7 Å².